The molecule has 0 bridgehead atoms. The molecule has 1 fully saturated rings. The molecule has 0 spiro atoms. The number of likely N-dealkylation sites (N-methyl/N-ethyl adjacent to an activating group) is 1. The topological polar surface area (TPSA) is 74.0 Å². The van der Waals surface area contributed by atoms with Gasteiger partial charge >= 0.3 is 5.97 Å². The van der Waals surface area contributed by atoms with Gasteiger partial charge in [-0.3, -0.25) is 14.5 Å². The van der Waals surface area contributed by atoms with Crippen LogP contribution in [0.3, 0.4) is 0 Å². The molecule has 0 saturated carbocycles. The molecule has 1 unspecified atom stereocenters. The highest BCUT2D eigenvalue weighted by molar-refractivity contribution is 5.78. The molecule has 2 heterocycles. The van der Waals surface area contributed by atoms with Gasteiger partial charge in [0, 0.05) is 13.1 Å². The van der Waals surface area contributed by atoms with Gasteiger partial charge in [0.2, 0.25) is 5.91 Å². The zero-order valence-electron chi connectivity index (χ0n) is 12.5. The van der Waals surface area contributed by atoms with Crippen molar-refractivity contribution < 1.29 is 19.1 Å². The number of amides is 1. The number of hydrogen-bond acceptors (Lipinski definition) is 4. The van der Waals surface area contributed by atoms with E-state index in [4.69, 9.17) is 9.52 Å². The molecule has 6 nitrogen and oxygen atoms in total. The molecule has 1 aliphatic rings. The van der Waals surface area contributed by atoms with Crippen molar-refractivity contribution in [1.82, 2.24) is 9.80 Å². The zero-order valence-corrected chi connectivity index (χ0v) is 12.5. The Morgan fingerprint density at radius 3 is 2.86 bits per heavy atom. The van der Waals surface area contributed by atoms with E-state index in [1.807, 2.05) is 24.0 Å². The average molecular weight is 294 g/mol. The molecule has 1 atom stereocenters. The number of aliphatic carboxylic acids is 1. The Balaban J connectivity index is 1.86. The third-order valence-electron chi connectivity index (χ3n) is 3.86. The van der Waals surface area contributed by atoms with Crippen LogP contribution in [0, 0.1) is 6.92 Å². The molecule has 21 heavy (non-hydrogen) atoms. The third kappa shape index (κ3) is 4.32. The van der Waals surface area contributed by atoms with E-state index in [-0.39, 0.29) is 24.9 Å². The maximum absolute atomic E-state index is 12.2. The van der Waals surface area contributed by atoms with Gasteiger partial charge in [0.25, 0.3) is 0 Å². The van der Waals surface area contributed by atoms with E-state index in [1.165, 1.54) is 0 Å². The fourth-order valence-electron chi connectivity index (χ4n) is 2.72. The van der Waals surface area contributed by atoms with Crippen LogP contribution in [0.1, 0.15) is 30.8 Å². The number of hydrogen-bond donors (Lipinski definition) is 1. The molecular weight excluding hydrogens is 272 g/mol. The van der Waals surface area contributed by atoms with Crippen LogP contribution in [0.25, 0.3) is 0 Å². The number of carbonyl (C=O) groups excluding carboxylic acids is 1. The second kappa shape index (κ2) is 6.76. The van der Waals surface area contributed by atoms with Crippen LogP contribution in [-0.4, -0.2) is 53.0 Å². The molecular formula is C15H22N2O4. The Morgan fingerprint density at radius 1 is 1.48 bits per heavy atom. The molecule has 116 valence electrons. The molecule has 1 saturated heterocycles. The van der Waals surface area contributed by atoms with E-state index in [9.17, 15) is 9.59 Å². The zero-order chi connectivity index (χ0) is 15.4. The molecule has 1 aromatic heterocycles. The number of likely N-dealkylation sites (tertiary alicyclic amines) is 1. The second-order valence-corrected chi connectivity index (χ2v) is 5.63. The number of carboxylic acid groups (broad SMARTS) is 1. The predicted molar refractivity (Wildman–Crippen MR) is 76.8 cm³/mol. The minimum Gasteiger partial charge on any atom is -0.481 e. The Labute approximate surface area is 124 Å². The molecule has 0 aliphatic carbocycles. The highest BCUT2D eigenvalue weighted by atomic mass is 16.4. The first-order valence-electron chi connectivity index (χ1n) is 7.21. The number of rotatable bonds is 6. The van der Waals surface area contributed by atoms with Crippen molar-refractivity contribution in [1.29, 1.82) is 0 Å². The normalized spacial score (nSPS) is 18.9. The molecule has 2 rings (SSSR count). The predicted octanol–water partition coefficient (Wildman–Crippen LogP) is 1.49. The van der Waals surface area contributed by atoms with Gasteiger partial charge in [-0.25, -0.2) is 0 Å². The van der Waals surface area contributed by atoms with Crippen LogP contribution in [0.4, 0.5) is 0 Å². The van der Waals surface area contributed by atoms with Crippen molar-refractivity contribution in [3.05, 3.63) is 23.7 Å². The molecule has 1 aromatic rings. The summed E-state index contributed by atoms with van der Waals surface area (Å²) in [6.45, 7) is 3.36. The second-order valence-electron chi connectivity index (χ2n) is 5.63. The highest BCUT2D eigenvalue weighted by Crippen LogP contribution is 2.20. The van der Waals surface area contributed by atoms with Gasteiger partial charge in [-0.15, -0.1) is 0 Å². The quantitative estimate of drug-likeness (QED) is 0.860. The maximum atomic E-state index is 12.2. The van der Waals surface area contributed by atoms with E-state index in [1.54, 1.807) is 11.9 Å². The number of aryl methyl sites for hydroxylation is 1. The Hall–Kier alpha value is -1.82. The summed E-state index contributed by atoms with van der Waals surface area (Å²) in [7, 11) is 1.74. The van der Waals surface area contributed by atoms with Crippen molar-refractivity contribution in [2.75, 3.05) is 20.1 Å². The Bertz CT molecular complexity index is 512. The average Bonchev–Trinajstić information content (AvgIpc) is 2.99. The fraction of sp³-hybridized carbons (Fsp3) is 0.600. The van der Waals surface area contributed by atoms with Gasteiger partial charge in [-0.1, -0.05) is 0 Å². The lowest BCUT2D eigenvalue weighted by Gasteiger charge is -2.25. The van der Waals surface area contributed by atoms with Gasteiger partial charge in [0.05, 0.1) is 19.5 Å². The summed E-state index contributed by atoms with van der Waals surface area (Å²) in [6, 6.07) is 3.71. The standard InChI is InChI=1S/C15H22N2O4/c1-11-5-6-13(21-11)9-16(2)14(18)10-17-7-3-4-12(17)8-15(19)20/h5-6,12H,3-4,7-10H2,1-2H3,(H,19,20). The van der Waals surface area contributed by atoms with Crippen LogP contribution in [0.2, 0.25) is 0 Å². The molecule has 0 radical (unpaired) electrons. The van der Waals surface area contributed by atoms with E-state index in [0.29, 0.717) is 6.54 Å². The van der Waals surface area contributed by atoms with E-state index < -0.39 is 5.97 Å². The van der Waals surface area contributed by atoms with Gasteiger partial charge in [0.1, 0.15) is 11.5 Å². The number of furan rings is 1. The summed E-state index contributed by atoms with van der Waals surface area (Å²) in [6.07, 6.45) is 1.90. The van der Waals surface area contributed by atoms with Crippen molar-refractivity contribution in [3.63, 3.8) is 0 Å². The fourth-order valence-corrected chi connectivity index (χ4v) is 2.72. The lowest BCUT2D eigenvalue weighted by molar-refractivity contribution is -0.139. The minimum absolute atomic E-state index is 0.0126. The van der Waals surface area contributed by atoms with E-state index in [2.05, 4.69) is 0 Å². The monoisotopic (exact) mass is 294 g/mol. The molecule has 1 amide bonds. The third-order valence-corrected chi connectivity index (χ3v) is 3.86. The molecule has 0 aromatic carbocycles. The van der Waals surface area contributed by atoms with Crippen molar-refractivity contribution >= 4 is 11.9 Å². The van der Waals surface area contributed by atoms with Crippen LogP contribution in [-0.2, 0) is 16.1 Å². The number of carbonyl (C=O) groups is 2. The van der Waals surface area contributed by atoms with Gasteiger partial charge < -0.3 is 14.4 Å². The summed E-state index contributed by atoms with van der Waals surface area (Å²) in [5.41, 5.74) is 0. The Morgan fingerprint density at radius 2 is 2.24 bits per heavy atom. The lowest BCUT2D eigenvalue weighted by atomic mass is 10.1. The molecule has 1 N–H and O–H groups in total. The first-order valence-corrected chi connectivity index (χ1v) is 7.21. The number of nitrogens with zero attached hydrogens (tertiary/aromatic N) is 2. The van der Waals surface area contributed by atoms with Crippen LogP contribution >= 0.6 is 0 Å². The van der Waals surface area contributed by atoms with Gasteiger partial charge in [0.15, 0.2) is 0 Å². The van der Waals surface area contributed by atoms with Crippen LogP contribution in [0.5, 0.6) is 0 Å². The van der Waals surface area contributed by atoms with E-state index >= 15 is 0 Å². The minimum atomic E-state index is -0.807. The molecule has 1 aliphatic heterocycles. The molecule has 6 heteroatoms. The Kier molecular flexibility index (Phi) is 5.01. The van der Waals surface area contributed by atoms with Gasteiger partial charge in [-0.2, -0.15) is 0 Å². The smallest absolute Gasteiger partial charge is 0.304 e. The van der Waals surface area contributed by atoms with Crippen molar-refractivity contribution in [3.8, 4) is 0 Å². The maximum Gasteiger partial charge on any atom is 0.304 e. The highest BCUT2D eigenvalue weighted by Gasteiger charge is 2.28. The summed E-state index contributed by atoms with van der Waals surface area (Å²) in [4.78, 5) is 26.7. The first kappa shape index (κ1) is 15.6. The number of carboxylic acids is 1. The SMILES string of the molecule is Cc1ccc(CN(C)C(=O)CN2CCCC2CC(=O)O)o1. The largest absolute Gasteiger partial charge is 0.481 e. The summed E-state index contributed by atoms with van der Waals surface area (Å²) >= 11 is 0. The summed E-state index contributed by atoms with van der Waals surface area (Å²) < 4.78 is 5.46. The van der Waals surface area contributed by atoms with Crippen molar-refractivity contribution in [2.45, 2.75) is 38.8 Å². The van der Waals surface area contributed by atoms with Crippen molar-refractivity contribution in [2.24, 2.45) is 0 Å². The van der Waals surface area contributed by atoms with E-state index in [0.717, 1.165) is 30.9 Å². The van der Waals surface area contributed by atoms with Crippen LogP contribution in [0.15, 0.2) is 16.5 Å². The summed E-state index contributed by atoms with van der Waals surface area (Å²) in [5, 5.41) is 8.90. The lowest BCUT2D eigenvalue weighted by Crippen LogP contribution is -2.41. The first-order chi connectivity index (χ1) is 9.95. The van der Waals surface area contributed by atoms with Gasteiger partial charge in [-0.05, 0) is 38.4 Å². The van der Waals surface area contributed by atoms with Crippen LogP contribution < -0.4 is 0 Å². The summed E-state index contributed by atoms with van der Waals surface area (Å²) in [5.74, 6) is 0.763.